The maximum atomic E-state index is 12.4. The van der Waals surface area contributed by atoms with Crippen molar-refractivity contribution in [3.8, 4) is 11.8 Å². The van der Waals surface area contributed by atoms with E-state index in [9.17, 15) is 13.5 Å². The molecule has 0 heterocycles. The van der Waals surface area contributed by atoms with Crippen molar-refractivity contribution in [1.82, 2.24) is 0 Å². The van der Waals surface area contributed by atoms with Gasteiger partial charge in [-0.25, -0.2) is 8.42 Å². The summed E-state index contributed by atoms with van der Waals surface area (Å²) in [5.74, 6) is 0.00812. The number of phenols is 1. The molecule has 21 heavy (non-hydrogen) atoms. The minimum absolute atomic E-state index is 0.00812. The molecular weight excluding hydrogens is 286 g/mol. The van der Waals surface area contributed by atoms with Crippen molar-refractivity contribution in [3.63, 3.8) is 0 Å². The first-order valence-electron chi connectivity index (χ1n) is 6.16. The van der Waals surface area contributed by atoms with E-state index in [0.29, 0.717) is 5.56 Å². The molecule has 0 unspecified atom stereocenters. The molecular formula is C16H13NO3S. The smallest absolute Gasteiger partial charge is 0.216 e. The van der Waals surface area contributed by atoms with E-state index in [1.807, 2.05) is 6.92 Å². The second-order valence-electron chi connectivity index (χ2n) is 4.53. The summed E-state index contributed by atoms with van der Waals surface area (Å²) in [6, 6.07) is 14.1. The van der Waals surface area contributed by atoms with Crippen LogP contribution in [-0.4, -0.2) is 13.5 Å². The summed E-state index contributed by atoms with van der Waals surface area (Å²) < 4.78 is 24.8. The van der Waals surface area contributed by atoms with Crippen LogP contribution in [0.5, 0.6) is 5.75 Å². The number of benzene rings is 2. The number of nitriles is 1. The van der Waals surface area contributed by atoms with Gasteiger partial charge in [-0.15, -0.1) is 0 Å². The Morgan fingerprint density at radius 1 is 1.19 bits per heavy atom. The second-order valence-corrected chi connectivity index (χ2v) is 6.45. The Labute approximate surface area is 123 Å². The molecule has 0 spiro atoms. The van der Waals surface area contributed by atoms with E-state index in [1.165, 1.54) is 30.3 Å². The van der Waals surface area contributed by atoms with Crippen LogP contribution in [0.25, 0.3) is 6.08 Å². The summed E-state index contributed by atoms with van der Waals surface area (Å²) in [7, 11) is -3.86. The number of hydrogen-bond acceptors (Lipinski definition) is 4. The normalized spacial score (nSPS) is 11.9. The number of rotatable bonds is 3. The third-order valence-electron chi connectivity index (χ3n) is 2.90. The first-order valence-corrected chi connectivity index (χ1v) is 7.64. The molecule has 0 bridgehead atoms. The predicted octanol–water partition coefficient (Wildman–Crippen LogP) is 3.04. The lowest BCUT2D eigenvalue weighted by atomic mass is 10.2. The summed E-state index contributed by atoms with van der Waals surface area (Å²) in [6.07, 6.45) is 1.24. The zero-order chi connectivity index (χ0) is 15.5. The lowest BCUT2D eigenvalue weighted by molar-refractivity contribution is 0.475. The molecule has 0 aliphatic carbocycles. The highest BCUT2D eigenvalue weighted by Crippen LogP contribution is 2.22. The standard InChI is InChI=1S/C16H13NO3S/c1-12-5-7-15(8-6-12)21(19,20)16(11-17)10-13-3-2-4-14(18)9-13/h2-10,18H,1H3/b16-10+. The molecule has 5 heteroatoms. The highest BCUT2D eigenvalue weighted by molar-refractivity contribution is 7.95. The predicted molar refractivity (Wildman–Crippen MR) is 80.1 cm³/mol. The summed E-state index contributed by atoms with van der Waals surface area (Å²) in [5, 5.41) is 18.5. The van der Waals surface area contributed by atoms with Gasteiger partial charge in [0.25, 0.3) is 0 Å². The first-order chi connectivity index (χ1) is 9.93. The van der Waals surface area contributed by atoms with Gasteiger partial charge in [-0.3, -0.25) is 0 Å². The Bertz CT molecular complexity index is 829. The fourth-order valence-corrected chi connectivity index (χ4v) is 2.94. The summed E-state index contributed by atoms with van der Waals surface area (Å²) in [4.78, 5) is -0.294. The van der Waals surface area contributed by atoms with Gasteiger partial charge in [-0.1, -0.05) is 29.8 Å². The van der Waals surface area contributed by atoms with Gasteiger partial charge in [0.1, 0.15) is 16.7 Å². The van der Waals surface area contributed by atoms with Crippen molar-refractivity contribution in [3.05, 3.63) is 64.6 Å². The van der Waals surface area contributed by atoms with Crippen molar-refractivity contribution in [1.29, 1.82) is 5.26 Å². The van der Waals surface area contributed by atoms with Gasteiger partial charge in [0.05, 0.1) is 4.90 Å². The molecule has 2 rings (SSSR count). The fourth-order valence-electron chi connectivity index (χ4n) is 1.78. The van der Waals surface area contributed by atoms with Gasteiger partial charge in [0, 0.05) is 0 Å². The van der Waals surface area contributed by atoms with Crippen LogP contribution in [0.2, 0.25) is 0 Å². The summed E-state index contributed by atoms with van der Waals surface area (Å²) in [6.45, 7) is 1.85. The van der Waals surface area contributed by atoms with Gasteiger partial charge < -0.3 is 5.11 Å². The van der Waals surface area contributed by atoms with Crippen molar-refractivity contribution >= 4 is 15.9 Å². The van der Waals surface area contributed by atoms with E-state index < -0.39 is 9.84 Å². The Balaban J connectivity index is 2.50. The highest BCUT2D eigenvalue weighted by atomic mass is 32.2. The molecule has 0 aliphatic heterocycles. The molecule has 2 aromatic carbocycles. The van der Waals surface area contributed by atoms with Crippen LogP contribution in [0.4, 0.5) is 0 Å². The molecule has 0 fully saturated rings. The zero-order valence-corrected chi connectivity index (χ0v) is 12.1. The van der Waals surface area contributed by atoms with Gasteiger partial charge in [0.15, 0.2) is 0 Å². The summed E-state index contributed by atoms with van der Waals surface area (Å²) >= 11 is 0. The van der Waals surface area contributed by atoms with Crippen LogP contribution < -0.4 is 0 Å². The number of aryl methyl sites for hydroxylation is 1. The van der Waals surface area contributed by atoms with Gasteiger partial charge in [-0.05, 0) is 42.8 Å². The zero-order valence-electron chi connectivity index (χ0n) is 11.3. The van der Waals surface area contributed by atoms with Gasteiger partial charge in [-0.2, -0.15) is 5.26 Å². The molecule has 0 saturated carbocycles. The average Bonchev–Trinajstić information content (AvgIpc) is 2.45. The fraction of sp³-hybridized carbons (Fsp3) is 0.0625. The van der Waals surface area contributed by atoms with Crippen LogP contribution >= 0.6 is 0 Å². The number of nitrogens with zero attached hydrogens (tertiary/aromatic N) is 1. The number of phenolic OH excluding ortho intramolecular Hbond substituents is 1. The molecule has 0 aromatic heterocycles. The maximum absolute atomic E-state index is 12.4. The van der Waals surface area contributed by atoms with E-state index >= 15 is 0 Å². The molecule has 1 N–H and O–H groups in total. The van der Waals surface area contributed by atoms with Crippen LogP contribution in [0, 0.1) is 18.3 Å². The van der Waals surface area contributed by atoms with E-state index in [-0.39, 0.29) is 15.6 Å². The van der Waals surface area contributed by atoms with Crippen LogP contribution in [0.3, 0.4) is 0 Å². The lowest BCUT2D eigenvalue weighted by Gasteiger charge is -2.04. The third-order valence-corrected chi connectivity index (χ3v) is 4.58. The molecule has 0 amide bonds. The number of aromatic hydroxyl groups is 1. The SMILES string of the molecule is Cc1ccc(S(=O)(=O)/C(C#N)=C/c2cccc(O)c2)cc1. The Kier molecular flexibility index (Phi) is 4.10. The maximum Gasteiger partial charge on any atom is 0.216 e. The topological polar surface area (TPSA) is 78.2 Å². The largest absolute Gasteiger partial charge is 0.508 e. The highest BCUT2D eigenvalue weighted by Gasteiger charge is 2.20. The monoisotopic (exact) mass is 299 g/mol. The molecule has 0 atom stereocenters. The average molecular weight is 299 g/mol. The quantitative estimate of drug-likeness (QED) is 0.884. The van der Waals surface area contributed by atoms with E-state index in [1.54, 1.807) is 30.3 Å². The molecule has 4 nitrogen and oxygen atoms in total. The lowest BCUT2D eigenvalue weighted by Crippen LogP contribution is -2.03. The Morgan fingerprint density at radius 2 is 1.86 bits per heavy atom. The van der Waals surface area contributed by atoms with Crippen LogP contribution in [-0.2, 0) is 9.84 Å². The van der Waals surface area contributed by atoms with Crippen LogP contribution in [0.15, 0.2) is 58.3 Å². The first kappa shape index (κ1) is 14.8. The van der Waals surface area contributed by atoms with E-state index in [4.69, 9.17) is 5.26 Å². The molecule has 0 radical (unpaired) electrons. The van der Waals surface area contributed by atoms with E-state index in [0.717, 1.165) is 5.56 Å². The Morgan fingerprint density at radius 3 is 2.43 bits per heavy atom. The van der Waals surface area contributed by atoms with Crippen molar-refractivity contribution in [2.45, 2.75) is 11.8 Å². The van der Waals surface area contributed by atoms with Crippen molar-refractivity contribution in [2.24, 2.45) is 0 Å². The third kappa shape index (κ3) is 3.30. The van der Waals surface area contributed by atoms with Crippen molar-refractivity contribution in [2.75, 3.05) is 0 Å². The number of allylic oxidation sites excluding steroid dienone is 1. The van der Waals surface area contributed by atoms with Crippen molar-refractivity contribution < 1.29 is 13.5 Å². The number of hydrogen-bond donors (Lipinski definition) is 1. The minimum atomic E-state index is -3.86. The molecule has 0 saturated heterocycles. The molecule has 106 valence electrons. The minimum Gasteiger partial charge on any atom is -0.508 e. The number of sulfone groups is 1. The second kappa shape index (κ2) is 5.81. The summed E-state index contributed by atoms with van der Waals surface area (Å²) in [5.41, 5.74) is 1.38. The van der Waals surface area contributed by atoms with Gasteiger partial charge in [0.2, 0.25) is 9.84 Å². The molecule has 0 aliphatic rings. The molecule has 2 aromatic rings. The van der Waals surface area contributed by atoms with Gasteiger partial charge >= 0.3 is 0 Å². The van der Waals surface area contributed by atoms with Crippen LogP contribution in [0.1, 0.15) is 11.1 Å². The van der Waals surface area contributed by atoms with E-state index in [2.05, 4.69) is 0 Å². The Hall–Kier alpha value is -2.58.